The lowest BCUT2D eigenvalue weighted by Crippen LogP contribution is -2.41. The molecule has 14 heavy (non-hydrogen) atoms. The highest BCUT2D eigenvalue weighted by atomic mass is 16.5. The Bertz CT molecular complexity index is 123. The van der Waals surface area contributed by atoms with Gasteiger partial charge in [0.05, 0.1) is 18.8 Å². The second-order valence-electron chi connectivity index (χ2n) is 3.25. The van der Waals surface area contributed by atoms with Crippen LogP contribution < -0.4 is 11.5 Å². The Morgan fingerprint density at radius 2 is 1.93 bits per heavy atom. The fourth-order valence-corrected chi connectivity index (χ4v) is 1.32. The van der Waals surface area contributed by atoms with Crippen molar-refractivity contribution in [1.82, 2.24) is 0 Å². The van der Waals surface area contributed by atoms with E-state index in [1.54, 1.807) is 0 Å². The van der Waals surface area contributed by atoms with E-state index in [0.29, 0.717) is 26.4 Å². The molecule has 86 valence electrons. The van der Waals surface area contributed by atoms with E-state index in [1.165, 1.54) is 0 Å². The van der Waals surface area contributed by atoms with Crippen molar-refractivity contribution in [2.75, 3.05) is 26.4 Å². The second-order valence-corrected chi connectivity index (χ2v) is 3.25. The fraction of sp³-hybridized carbons (Fsp3) is 1.00. The van der Waals surface area contributed by atoms with Crippen molar-refractivity contribution in [3.05, 3.63) is 0 Å². The molecule has 0 aromatic carbocycles. The summed E-state index contributed by atoms with van der Waals surface area (Å²) in [4.78, 5) is 0. The van der Waals surface area contributed by atoms with E-state index in [0.717, 1.165) is 12.8 Å². The van der Waals surface area contributed by atoms with Gasteiger partial charge < -0.3 is 20.9 Å². The van der Waals surface area contributed by atoms with Crippen molar-refractivity contribution in [1.29, 1.82) is 0 Å². The monoisotopic (exact) mass is 204 g/mol. The summed E-state index contributed by atoms with van der Waals surface area (Å²) in [5.74, 6) is 0. The molecule has 0 aliphatic heterocycles. The van der Waals surface area contributed by atoms with Gasteiger partial charge >= 0.3 is 0 Å². The van der Waals surface area contributed by atoms with Gasteiger partial charge in [-0.05, 0) is 33.2 Å². The molecule has 0 saturated carbocycles. The van der Waals surface area contributed by atoms with Crippen molar-refractivity contribution < 1.29 is 9.47 Å². The lowest BCUT2D eigenvalue weighted by atomic mass is 10.1. The Morgan fingerprint density at radius 3 is 2.43 bits per heavy atom. The molecule has 0 aliphatic carbocycles. The average molecular weight is 204 g/mol. The third-order valence-electron chi connectivity index (χ3n) is 2.07. The van der Waals surface area contributed by atoms with Crippen LogP contribution in [-0.2, 0) is 9.47 Å². The van der Waals surface area contributed by atoms with E-state index >= 15 is 0 Å². The van der Waals surface area contributed by atoms with E-state index in [4.69, 9.17) is 20.9 Å². The minimum atomic E-state index is -0.0403. The lowest BCUT2D eigenvalue weighted by molar-refractivity contribution is 0.00879. The Morgan fingerprint density at radius 1 is 1.21 bits per heavy atom. The minimum absolute atomic E-state index is 0.0403. The van der Waals surface area contributed by atoms with Crippen LogP contribution in [0.15, 0.2) is 0 Å². The molecule has 0 fully saturated rings. The molecule has 0 rings (SSSR count). The zero-order valence-electron chi connectivity index (χ0n) is 9.37. The molecule has 0 saturated heterocycles. The first-order valence-corrected chi connectivity index (χ1v) is 5.41. The molecule has 4 heteroatoms. The van der Waals surface area contributed by atoms with E-state index in [-0.39, 0.29) is 12.1 Å². The predicted molar refractivity (Wildman–Crippen MR) is 58.2 cm³/mol. The van der Waals surface area contributed by atoms with E-state index in [1.807, 2.05) is 13.8 Å². The zero-order valence-corrected chi connectivity index (χ0v) is 9.37. The quantitative estimate of drug-likeness (QED) is 0.573. The summed E-state index contributed by atoms with van der Waals surface area (Å²) < 4.78 is 10.8. The topological polar surface area (TPSA) is 70.5 Å². The van der Waals surface area contributed by atoms with Gasteiger partial charge in [-0.25, -0.2) is 0 Å². The van der Waals surface area contributed by atoms with Crippen LogP contribution in [0.4, 0.5) is 0 Å². The van der Waals surface area contributed by atoms with Gasteiger partial charge in [-0.15, -0.1) is 0 Å². The van der Waals surface area contributed by atoms with Gasteiger partial charge in [-0.2, -0.15) is 0 Å². The highest BCUT2D eigenvalue weighted by molar-refractivity contribution is 4.73. The molecule has 0 aromatic heterocycles. The summed E-state index contributed by atoms with van der Waals surface area (Å²) in [6.45, 7) is 6.57. The zero-order chi connectivity index (χ0) is 10.8. The molecule has 0 heterocycles. The molecule has 0 radical (unpaired) electrons. The second kappa shape index (κ2) is 9.40. The van der Waals surface area contributed by atoms with Gasteiger partial charge in [0.15, 0.2) is 0 Å². The molecule has 0 spiro atoms. The number of rotatable bonds is 9. The molecule has 4 N–H and O–H groups in total. The summed E-state index contributed by atoms with van der Waals surface area (Å²) >= 11 is 0. The van der Waals surface area contributed by atoms with Crippen molar-refractivity contribution in [3.63, 3.8) is 0 Å². The standard InChI is InChI=1S/C10H24N2O2/c1-3-13-8-9(12)10(14-4-2)6-5-7-11/h9-10H,3-8,11-12H2,1-2H3. The molecule has 2 unspecified atom stereocenters. The molecular weight excluding hydrogens is 180 g/mol. The van der Waals surface area contributed by atoms with E-state index in [2.05, 4.69) is 0 Å². The smallest absolute Gasteiger partial charge is 0.0748 e. The van der Waals surface area contributed by atoms with Crippen LogP contribution >= 0.6 is 0 Å². The summed E-state index contributed by atoms with van der Waals surface area (Å²) in [5, 5.41) is 0. The van der Waals surface area contributed by atoms with Crippen molar-refractivity contribution in [2.24, 2.45) is 11.5 Å². The molecular formula is C10H24N2O2. The summed E-state index contributed by atoms with van der Waals surface area (Å²) in [7, 11) is 0. The molecule has 0 aromatic rings. The molecule has 4 nitrogen and oxygen atoms in total. The van der Waals surface area contributed by atoms with Crippen LogP contribution in [0.3, 0.4) is 0 Å². The maximum atomic E-state index is 5.94. The Labute approximate surface area is 86.9 Å². The van der Waals surface area contributed by atoms with Crippen molar-refractivity contribution in [2.45, 2.75) is 38.8 Å². The summed E-state index contributed by atoms with van der Waals surface area (Å²) in [5.41, 5.74) is 11.4. The van der Waals surface area contributed by atoms with Gasteiger partial charge in [0.25, 0.3) is 0 Å². The summed E-state index contributed by atoms with van der Waals surface area (Å²) in [6, 6.07) is -0.0403. The minimum Gasteiger partial charge on any atom is -0.380 e. The normalized spacial score (nSPS) is 15.4. The highest BCUT2D eigenvalue weighted by Crippen LogP contribution is 2.06. The first kappa shape index (κ1) is 13.8. The lowest BCUT2D eigenvalue weighted by Gasteiger charge is -2.23. The maximum absolute atomic E-state index is 5.94. The van der Waals surface area contributed by atoms with Crippen molar-refractivity contribution in [3.8, 4) is 0 Å². The van der Waals surface area contributed by atoms with Gasteiger partial charge in [0.2, 0.25) is 0 Å². The third kappa shape index (κ3) is 6.32. The Hall–Kier alpha value is -0.160. The maximum Gasteiger partial charge on any atom is 0.0748 e. The van der Waals surface area contributed by atoms with Crippen LogP contribution in [0.5, 0.6) is 0 Å². The molecule has 2 atom stereocenters. The number of nitrogens with two attached hydrogens (primary N) is 2. The predicted octanol–water partition coefficient (Wildman–Crippen LogP) is 0.494. The third-order valence-corrected chi connectivity index (χ3v) is 2.07. The van der Waals surface area contributed by atoms with Crippen LogP contribution in [-0.4, -0.2) is 38.5 Å². The Balaban J connectivity index is 3.77. The van der Waals surface area contributed by atoms with Gasteiger partial charge in [-0.3, -0.25) is 0 Å². The van der Waals surface area contributed by atoms with Crippen molar-refractivity contribution >= 4 is 0 Å². The van der Waals surface area contributed by atoms with Gasteiger partial charge in [-0.1, -0.05) is 0 Å². The number of ether oxygens (including phenoxy) is 2. The number of hydrogen-bond acceptors (Lipinski definition) is 4. The molecule has 0 amide bonds. The first-order chi connectivity index (χ1) is 6.76. The highest BCUT2D eigenvalue weighted by Gasteiger charge is 2.17. The van der Waals surface area contributed by atoms with E-state index < -0.39 is 0 Å². The average Bonchev–Trinajstić information content (AvgIpc) is 2.20. The first-order valence-electron chi connectivity index (χ1n) is 5.41. The van der Waals surface area contributed by atoms with Crippen LogP contribution in [0.25, 0.3) is 0 Å². The van der Waals surface area contributed by atoms with Gasteiger partial charge in [0, 0.05) is 13.2 Å². The van der Waals surface area contributed by atoms with Crippen LogP contribution in [0.1, 0.15) is 26.7 Å². The van der Waals surface area contributed by atoms with Crippen LogP contribution in [0, 0.1) is 0 Å². The fourth-order valence-electron chi connectivity index (χ4n) is 1.32. The van der Waals surface area contributed by atoms with Crippen LogP contribution in [0.2, 0.25) is 0 Å². The van der Waals surface area contributed by atoms with E-state index in [9.17, 15) is 0 Å². The summed E-state index contributed by atoms with van der Waals surface area (Å²) in [6.07, 6.45) is 1.94. The largest absolute Gasteiger partial charge is 0.380 e. The number of hydrogen-bond donors (Lipinski definition) is 2. The Kier molecular flexibility index (Phi) is 9.29. The molecule has 0 bridgehead atoms. The van der Waals surface area contributed by atoms with Gasteiger partial charge in [0.1, 0.15) is 0 Å². The molecule has 0 aliphatic rings. The SMILES string of the molecule is CCOCC(N)C(CCCN)OCC.